The van der Waals surface area contributed by atoms with Crippen molar-refractivity contribution in [3.8, 4) is 16.9 Å². The molecule has 0 aliphatic heterocycles. The Kier molecular flexibility index (Phi) is 3.51. The Hall–Kier alpha value is -2.03. The number of ether oxygens (including phenoxy) is 1. The normalized spacial score (nSPS) is 10.7. The summed E-state index contributed by atoms with van der Waals surface area (Å²) in [7, 11) is 0. The van der Waals surface area contributed by atoms with Crippen LogP contribution in [0.3, 0.4) is 0 Å². The molecule has 0 saturated heterocycles. The summed E-state index contributed by atoms with van der Waals surface area (Å²) in [6.45, 7) is 3.87. The SMILES string of the molecule is CC(C)Oc1ccc(-c2ccccc2F)cc1N. The maximum atomic E-state index is 13.6. The standard InChI is InChI=1S/C15H16FNO/c1-10(2)18-15-8-7-11(9-14(15)17)12-5-3-4-6-13(12)16/h3-10H,17H2,1-2H3. The first-order valence-electron chi connectivity index (χ1n) is 5.89. The number of nitrogens with two attached hydrogens (primary N) is 1. The summed E-state index contributed by atoms with van der Waals surface area (Å²) in [6.07, 6.45) is 0.0617. The number of anilines is 1. The maximum absolute atomic E-state index is 13.6. The van der Waals surface area contributed by atoms with Gasteiger partial charge in [0.15, 0.2) is 0 Å². The van der Waals surface area contributed by atoms with Gasteiger partial charge >= 0.3 is 0 Å². The van der Waals surface area contributed by atoms with Crippen molar-refractivity contribution in [1.29, 1.82) is 0 Å². The number of benzene rings is 2. The lowest BCUT2D eigenvalue weighted by Crippen LogP contribution is -2.07. The average molecular weight is 245 g/mol. The second kappa shape index (κ2) is 5.08. The quantitative estimate of drug-likeness (QED) is 0.833. The largest absolute Gasteiger partial charge is 0.489 e. The summed E-state index contributed by atoms with van der Waals surface area (Å²) in [4.78, 5) is 0. The van der Waals surface area contributed by atoms with Gasteiger partial charge in [-0.3, -0.25) is 0 Å². The van der Waals surface area contributed by atoms with Crippen molar-refractivity contribution >= 4 is 5.69 Å². The third-order valence-electron chi connectivity index (χ3n) is 2.56. The summed E-state index contributed by atoms with van der Waals surface area (Å²) in [6, 6.07) is 11.9. The van der Waals surface area contributed by atoms with Crippen LogP contribution in [0.1, 0.15) is 13.8 Å². The lowest BCUT2D eigenvalue weighted by molar-refractivity contribution is 0.244. The molecule has 2 N–H and O–H groups in total. The molecule has 18 heavy (non-hydrogen) atoms. The van der Waals surface area contributed by atoms with Crippen molar-refractivity contribution in [2.45, 2.75) is 20.0 Å². The van der Waals surface area contributed by atoms with E-state index in [2.05, 4.69) is 0 Å². The molecule has 0 aliphatic carbocycles. The molecule has 0 unspecified atom stereocenters. The third-order valence-corrected chi connectivity index (χ3v) is 2.56. The van der Waals surface area contributed by atoms with Crippen LogP contribution >= 0.6 is 0 Å². The molecule has 0 bridgehead atoms. The van der Waals surface area contributed by atoms with Gasteiger partial charge in [0.25, 0.3) is 0 Å². The summed E-state index contributed by atoms with van der Waals surface area (Å²) in [5, 5.41) is 0. The van der Waals surface area contributed by atoms with Crippen LogP contribution in [-0.2, 0) is 0 Å². The zero-order valence-corrected chi connectivity index (χ0v) is 10.5. The van der Waals surface area contributed by atoms with Crippen LogP contribution in [0.15, 0.2) is 42.5 Å². The van der Waals surface area contributed by atoms with Gasteiger partial charge in [0.05, 0.1) is 11.8 Å². The molecule has 0 spiro atoms. The molecule has 2 aromatic carbocycles. The number of hydrogen-bond donors (Lipinski definition) is 1. The van der Waals surface area contributed by atoms with Crippen molar-refractivity contribution in [3.05, 3.63) is 48.3 Å². The summed E-state index contributed by atoms with van der Waals surface area (Å²) < 4.78 is 19.2. The van der Waals surface area contributed by atoms with E-state index in [1.54, 1.807) is 30.3 Å². The molecule has 0 heterocycles. The van der Waals surface area contributed by atoms with Gasteiger partial charge in [-0.2, -0.15) is 0 Å². The van der Waals surface area contributed by atoms with Gasteiger partial charge in [-0.1, -0.05) is 24.3 Å². The van der Waals surface area contributed by atoms with E-state index in [4.69, 9.17) is 10.5 Å². The van der Waals surface area contributed by atoms with Crippen LogP contribution in [0.5, 0.6) is 5.75 Å². The Morgan fingerprint density at radius 1 is 1.11 bits per heavy atom. The molecular weight excluding hydrogens is 229 g/mol. The van der Waals surface area contributed by atoms with Gasteiger partial charge in [-0.25, -0.2) is 4.39 Å². The zero-order valence-electron chi connectivity index (χ0n) is 10.5. The second-order valence-corrected chi connectivity index (χ2v) is 4.40. The predicted octanol–water partition coefficient (Wildman–Crippen LogP) is 3.86. The summed E-state index contributed by atoms with van der Waals surface area (Å²) in [5.41, 5.74) is 7.72. The topological polar surface area (TPSA) is 35.2 Å². The van der Waals surface area contributed by atoms with Gasteiger partial charge in [0.1, 0.15) is 11.6 Å². The fourth-order valence-corrected chi connectivity index (χ4v) is 1.77. The molecule has 0 aliphatic rings. The fraction of sp³-hybridized carbons (Fsp3) is 0.200. The Labute approximate surface area is 106 Å². The fourth-order valence-electron chi connectivity index (χ4n) is 1.77. The van der Waals surface area contributed by atoms with Gasteiger partial charge < -0.3 is 10.5 Å². The van der Waals surface area contributed by atoms with E-state index >= 15 is 0 Å². The molecule has 0 radical (unpaired) electrons. The molecule has 2 aromatic rings. The minimum Gasteiger partial charge on any atom is -0.489 e. The number of rotatable bonds is 3. The minimum absolute atomic E-state index is 0.0617. The Balaban J connectivity index is 2.38. The Morgan fingerprint density at radius 2 is 1.83 bits per heavy atom. The number of halogens is 1. The van der Waals surface area contributed by atoms with E-state index in [1.165, 1.54) is 6.07 Å². The van der Waals surface area contributed by atoms with E-state index in [0.29, 0.717) is 17.0 Å². The molecule has 0 atom stereocenters. The second-order valence-electron chi connectivity index (χ2n) is 4.40. The van der Waals surface area contributed by atoms with Gasteiger partial charge in [0, 0.05) is 5.56 Å². The zero-order chi connectivity index (χ0) is 13.1. The Morgan fingerprint density at radius 3 is 2.44 bits per heavy atom. The summed E-state index contributed by atoms with van der Waals surface area (Å²) in [5.74, 6) is 0.375. The first kappa shape index (κ1) is 12.4. The molecule has 3 heteroatoms. The number of nitrogen functional groups attached to an aromatic ring is 1. The van der Waals surface area contributed by atoms with E-state index in [9.17, 15) is 4.39 Å². The first-order valence-corrected chi connectivity index (χ1v) is 5.89. The highest BCUT2D eigenvalue weighted by atomic mass is 19.1. The van der Waals surface area contributed by atoms with Crippen molar-refractivity contribution < 1.29 is 9.13 Å². The van der Waals surface area contributed by atoms with Crippen LogP contribution in [-0.4, -0.2) is 6.10 Å². The van der Waals surface area contributed by atoms with Gasteiger partial charge in [-0.05, 0) is 37.6 Å². The van der Waals surface area contributed by atoms with E-state index in [0.717, 1.165) is 5.56 Å². The van der Waals surface area contributed by atoms with Gasteiger partial charge in [0.2, 0.25) is 0 Å². The molecule has 2 nitrogen and oxygen atoms in total. The first-order chi connectivity index (χ1) is 8.58. The van der Waals surface area contributed by atoms with Crippen molar-refractivity contribution in [2.75, 3.05) is 5.73 Å². The smallest absolute Gasteiger partial charge is 0.142 e. The average Bonchev–Trinajstić information content (AvgIpc) is 2.32. The Bertz CT molecular complexity index is 552. The van der Waals surface area contributed by atoms with Crippen molar-refractivity contribution in [3.63, 3.8) is 0 Å². The van der Waals surface area contributed by atoms with Crippen LogP contribution < -0.4 is 10.5 Å². The molecule has 0 amide bonds. The highest BCUT2D eigenvalue weighted by molar-refractivity contribution is 5.71. The third kappa shape index (κ3) is 2.62. The van der Waals surface area contributed by atoms with Crippen molar-refractivity contribution in [1.82, 2.24) is 0 Å². The molecule has 0 saturated carbocycles. The van der Waals surface area contributed by atoms with Crippen LogP contribution in [0, 0.1) is 5.82 Å². The van der Waals surface area contributed by atoms with Crippen molar-refractivity contribution in [2.24, 2.45) is 0 Å². The van der Waals surface area contributed by atoms with Gasteiger partial charge in [-0.15, -0.1) is 0 Å². The van der Waals surface area contributed by atoms with E-state index in [1.807, 2.05) is 19.9 Å². The molecule has 94 valence electrons. The van der Waals surface area contributed by atoms with Crippen LogP contribution in [0.2, 0.25) is 0 Å². The molecule has 0 fully saturated rings. The lowest BCUT2D eigenvalue weighted by atomic mass is 10.0. The lowest BCUT2D eigenvalue weighted by Gasteiger charge is -2.13. The minimum atomic E-state index is -0.255. The molecule has 0 aromatic heterocycles. The summed E-state index contributed by atoms with van der Waals surface area (Å²) >= 11 is 0. The highest BCUT2D eigenvalue weighted by Gasteiger charge is 2.08. The monoisotopic (exact) mass is 245 g/mol. The highest BCUT2D eigenvalue weighted by Crippen LogP contribution is 2.30. The van der Waals surface area contributed by atoms with Crippen LogP contribution in [0.4, 0.5) is 10.1 Å². The van der Waals surface area contributed by atoms with E-state index < -0.39 is 0 Å². The predicted molar refractivity (Wildman–Crippen MR) is 72.0 cm³/mol. The van der Waals surface area contributed by atoms with E-state index in [-0.39, 0.29) is 11.9 Å². The number of hydrogen-bond acceptors (Lipinski definition) is 2. The van der Waals surface area contributed by atoms with Crippen LogP contribution in [0.25, 0.3) is 11.1 Å². The molecular formula is C15H16FNO. The molecule has 2 rings (SSSR count). The maximum Gasteiger partial charge on any atom is 0.142 e.